The number of nitrogens with zero attached hydrogens (tertiary/aromatic N) is 3. The standard InChI is InChI=1S/C64H37N3S/c1-2-12-44-33-47-36-60-58(35-46(47)32-43(44)11-1)66-64-63-57(55-28-27-38-10-3-4-14-50(38)62(55)68-63)37-59(67(60)64)42-25-23-40(24-26-42)49-30-29-48(51-15-5-6-16-52(49)51)39-19-21-41(22-20-39)56-34-45-13-9-31-65-61(45)54-18-8-7-17-53(54)56/h1-37H. The molecule has 3 nitrogen and oxygen atoms in total. The van der Waals surface area contributed by atoms with Crippen molar-refractivity contribution in [2.45, 2.75) is 0 Å². The normalized spacial score (nSPS) is 12.1. The van der Waals surface area contributed by atoms with Crippen LogP contribution >= 0.6 is 11.3 Å². The maximum atomic E-state index is 5.48. The molecule has 0 aliphatic rings. The second-order valence-corrected chi connectivity index (χ2v) is 19.1. The first-order valence-corrected chi connectivity index (χ1v) is 24.0. The molecule has 0 spiro atoms. The summed E-state index contributed by atoms with van der Waals surface area (Å²) in [4.78, 5) is 10.2. The predicted octanol–water partition coefficient (Wildman–Crippen LogP) is 17.8. The lowest BCUT2D eigenvalue weighted by Crippen LogP contribution is -1.93. The lowest BCUT2D eigenvalue weighted by molar-refractivity contribution is 1.25. The third kappa shape index (κ3) is 5.59. The van der Waals surface area contributed by atoms with Crippen LogP contribution in [0, 0.1) is 0 Å². The van der Waals surface area contributed by atoms with Crippen molar-refractivity contribution in [2.24, 2.45) is 0 Å². The smallest absolute Gasteiger partial charge is 0.156 e. The van der Waals surface area contributed by atoms with Gasteiger partial charge in [-0.1, -0.05) is 176 Å². The van der Waals surface area contributed by atoms with Crippen molar-refractivity contribution in [1.29, 1.82) is 0 Å². The van der Waals surface area contributed by atoms with Gasteiger partial charge in [0.15, 0.2) is 5.65 Å². The van der Waals surface area contributed by atoms with Crippen LogP contribution in [0.3, 0.4) is 0 Å². The Kier molecular flexibility index (Phi) is 7.94. The van der Waals surface area contributed by atoms with Crippen molar-refractivity contribution >= 4 is 113 Å². The van der Waals surface area contributed by atoms with Gasteiger partial charge in [-0.25, -0.2) is 4.98 Å². The van der Waals surface area contributed by atoms with Crippen LogP contribution in [0.15, 0.2) is 225 Å². The van der Waals surface area contributed by atoms with Gasteiger partial charge in [0.05, 0.1) is 26.9 Å². The third-order valence-electron chi connectivity index (χ3n) is 14.4. The Balaban J connectivity index is 0.861. The van der Waals surface area contributed by atoms with Gasteiger partial charge in [0.2, 0.25) is 0 Å². The molecule has 0 fully saturated rings. The number of hydrogen-bond donors (Lipinski definition) is 0. The highest BCUT2D eigenvalue weighted by atomic mass is 32.1. The Bertz CT molecular complexity index is 4600. The molecule has 0 radical (unpaired) electrons. The van der Waals surface area contributed by atoms with Crippen LogP contribution in [-0.2, 0) is 0 Å². The summed E-state index contributed by atoms with van der Waals surface area (Å²) in [6.45, 7) is 0. The average molecular weight is 880 g/mol. The summed E-state index contributed by atoms with van der Waals surface area (Å²) in [5.41, 5.74) is 13.7. The van der Waals surface area contributed by atoms with Gasteiger partial charge in [0.1, 0.15) is 0 Å². The molecule has 4 heteroatoms. The molecule has 0 amide bonds. The van der Waals surface area contributed by atoms with Gasteiger partial charge < -0.3 is 0 Å². The van der Waals surface area contributed by atoms with Crippen molar-refractivity contribution in [2.75, 3.05) is 0 Å². The van der Waals surface area contributed by atoms with Crippen LogP contribution in [0.5, 0.6) is 0 Å². The van der Waals surface area contributed by atoms with Crippen LogP contribution in [0.2, 0.25) is 0 Å². The molecule has 4 heterocycles. The maximum absolute atomic E-state index is 5.48. The Hall–Kier alpha value is -8.70. The zero-order valence-electron chi connectivity index (χ0n) is 36.6. The molecule has 0 saturated carbocycles. The molecular formula is C64H37N3S. The number of imidazole rings is 1. The quantitative estimate of drug-likeness (QED) is 0.130. The van der Waals surface area contributed by atoms with E-state index in [-0.39, 0.29) is 0 Å². The highest BCUT2D eigenvalue weighted by Crippen LogP contribution is 2.45. The van der Waals surface area contributed by atoms with Crippen molar-refractivity contribution < 1.29 is 0 Å². The van der Waals surface area contributed by atoms with Crippen molar-refractivity contribution in [3.63, 3.8) is 0 Å². The summed E-state index contributed by atoms with van der Waals surface area (Å²) in [6.07, 6.45) is 1.88. The number of benzene rings is 11. The number of pyridine rings is 2. The van der Waals surface area contributed by atoms with E-state index in [4.69, 9.17) is 9.97 Å². The van der Waals surface area contributed by atoms with E-state index in [1.54, 1.807) is 0 Å². The Morgan fingerprint density at radius 3 is 1.59 bits per heavy atom. The van der Waals surface area contributed by atoms with Gasteiger partial charge in [-0.05, 0) is 130 Å². The van der Waals surface area contributed by atoms with Crippen molar-refractivity contribution in [3.8, 4) is 44.6 Å². The van der Waals surface area contributed by atoms with E-state index in [0.29, 0.717) is 0 Å². The fourth-order valence-electron chi connectivity index (χ4n) is 11.1. The number of hydrogen-bond acceptors (Lipinski definition) is 3. The van der Waals surface area contributed by atoms with E-state index in [1.165, 1.54) is 107 Å². The minimum absolute atomic E-state index is 0.999. The zero-order valence-corrected chi connectivity index (χ0v) is 37.4. The Labute approximate surface area is 394 Å². The summed E-state index contributed by atoms with van der Waals surface area (Å²) in [5.74, 6) is 0. The lowest BCUT2D eigenvalue weighted by atomic mass is 9.90. The van der Waals surface area contributed by atoms with E-state index in [9.17, 15) is 0 Å². The molecule has 0 unspecified atom stereocenters. The topological polar surface area (TPSA) is 30.2 Å². The van der Waals surface area contributed by atoms with Crippen LogP contribution in [0.25, 0.3) is 146 Å². The van der Waals surface area contributed by atoms with Gasteiger partial charge in [-0.2, -0.15) is 0 Å². The molecule has 0 aliphatic carbocycles. The first-order valence-electron chi connectivity index (χ1n) is 23.2. The maximum Gasteiger partial charge on any atom is 0.156 e. The minimum Gasteiger partial charge on any atom is -0.291 e. The van der Waals surface area contributed by atoms with E-state index < -0.39 is 0 Å². The summed E-state index contributed by atoms with van der Waals surface area (Å²) < 4.78 is 4.93. The average Bonchev–Trinajstić information content (AvgIpc) is 3.97. The molecule has 0 N–H and O–H groups in total. The molecular weight excluding hydrogens is 843 g/mol. The number of rotatable bonds is 4. The van der Waals surface area contributed by atoms with Gasteiger partial charge in [-0.3, -0.25) is 9.38 Å². The number of fused-ring (bicyclic) bond motifs is 15. The molecule has 68 heavy (non-hydrogen) atoms. The lowest BCUT2D eigenvalue weighted by Gasteiger charge is -2.14. The van der Waals surface area contributed by atoms with Gasteiger partial charge >= 0.3 is 0 Å². The second kappa shape index (κ2) is 14.4. The first kappa shape index (κ1) is 37.5. The number of aromatic nitrogens is 3. The zero-order chi connectivity index (χ0) is 44.5. The summed E-state index contributed by atoms with van der Waals surface area (Å²) in [6, 6.07) is 80.3. The molecule has 0 aliphatic heterocycles. The Morgan fingerprint density at radius 1 is 0.338 bits per heavy atom. The van der Waals surface area contributed by atoms with Crippen LogP contribution < -0.4 is 0 Å². The first-order chi connectivity index (χ1) is 33.7. The molecule has 0 saturated heterocycles. The van der Waals surface area contributed by atoms with Crippen molar-refractivity contribution in [1.82, 2.24) is 14.4 Å². The van der Waals surface area contributed by atoms with Gasteiger partial charge in [0.25, 0.3) is 0 Å². The van der Waals surface area contributed by atoms with E-state index in [0.717, 1.165) is 38.8 Å². The number of thiophene rings is 1. The molecule has 15 aromatic rings. The monoisotopic (exact) mass is 879 g/mol. The van der Waals surface area contributed by atoms with Crippen LogP contribution in [-0.4, -0.2) is 14.4 Å². The summed E-state index contributed by atoms with van der Waals surface area (Å²) >= 11 is 1.86. The van der Waals surface area contributed by atoms with E-state index in [2.05, 4.69) is 217 Å². The molecule has 4 aromatic heterocycles. The van der Waals surface area contributed by atoms with E-state index in [1.807, 2.05) is 23.6 Å². The minimum atomic E-state index is 0.999. The van der Waals surface area contributed by atoms with Crippen molar-refractivity contribution in [3.05, 3.63) is 225 Å². The molecule has 0 bridgehead atoms. The van der Waals surface area contributed by atoms with Crippen LogP contribution in [0.1, 0.15) is 0 Å². The Morgan fingerprint density at radius 2 is 0.897 bits per heavy atom. The van der Waals surface area contributed by atoms with Crippen LogP contribution in [0.4, 0.5) is 0 Å². The molecule has 0 atom stereocenters. The van der Waals surface area contributed by atoms with Gasteiger partial charge in [-0.15, -0.1) is 11.3 Å². The molecule has 314 valence electrons. The summed E-state index contributed by atoms with van der Waals surface area (Å²) in [7, 11) is 0. The molecule has 11 aromatic carbocycles. The highest BCUT2D eigenvalue weighted by Gasteiger charge is 2.20. The highest BCUT2D eigenvalue weighted by molar-refractivity contribution is 7.27. The molecule has 15 rings (SSSR count). The fraction of sp³-hybridized carbons (Fsp3) is 0. The SMILES string of the molecule is c1ccc2cc3cc4c(cc3cc2c1)nc1c2sc3c5ccccc5ccc3c2cc(-c2ccc(-c3ccc(-c5ccc(-c6cc7cccnc7c7ccccc67)cc5)c5ccccc35)cc2)n41. The summed E-state index contributed by atoms with van der Waals surface area (Å²) in [5, 5.41) is 16.0. The van der Waals surface area contributed by atoms with Gasteiger partial charge in [0, 0.05) is 32.4 Å². The van der Waals surface area contributed by atoms with E-state index >= 15 is 0 Å². The third-order valence-corrected chi connectivity index (χ3v) is 15.6. The predicted molar refractivity (Wildman–Crippen MR) is 290 cm³/mol. The fourth-order valence-corrected chi connectivity index (χ4v) is 12.4. The second-order valence-electron chi connectivity index (χ2n) is 18.1. The largest absolute Gasteiger partial charge is 0.291 e.